The second kappa shape index (κ2) is 13.2. The van der Waals surface area contributed by atoms with Crippen molar-refractivity contribution in [2.24, 2.45) is 5.92 Å². The standard InChI is InChI=1S/C29H36N2O4.C2HF3O2/c32-27(30-25-14-8-3-9-15-25)21-31-18-16-22(17-19-31)26(20-31)35-28(33)29(34,23-10-4-1-5-11-23)24-12-6-2-7-13-24;3-2(4,5)1(6)7/h1-2,4-7,10-13,22,25-26,34H,3,8-9,14-21H2;(H,6,7)/t22?,26-,31?;/m0./s1. The number of hydrogen-bond donors (Lipinski definition) is 2. The van der Waals surface area contributed by atoms with Gasteiger partial charge in [-0.25, -0.2) is 4.79 Å². The van der Waals surface area contributed by atoms with Crippen LogP contribution in [-0.2, 0) is 24.7 Å². The number of nitrogens with one attached hydrogen (secondary N) is 1. The number of carbonyl (C=O) groups is 3. The van der Waals surface area contributed by atoms with Gasteiger partial charge >= 0.3 is 12.1 Å². The number of rotatable bonds is 7. The number of piperidine rings is 3. The lowest BCUT2D eigenvalue weighted by molar-refractivity contribution is -0.939. The van der Waals surface area contributed by atoms with Gasteiger partial charge in [0.1, 0.15) is 12.5 Å². The summed E-state index contributed by atoms with van der Waals surface area (Å²) in [4.78, 5) is 35.4. The molecule has 4 fully saturated rings. The maximum atomic E-state index is 13.6. The summed E-state index contributed by atoms with van der Waals surface area (Å²) >= 11 is 0. The van der Waals surface area contributed by atoms with E-state index in [1.165, 1.54) is 19.3 Å². The number of aliphatic hydroxyl groups is 1. The van der Waals surface area contributed by atoms with E-state index in [1.807, 2.05) is 36.4 Å². The molecule has 1 amide bonds. The van der Waals surface area contributed by atoms with Crippen LogP contribution in [0.1, 0.15) is 56.1 Å². The summed E-state index contributed by atoms with van der Waals surface area (Å²) in [6, 6.07) is 18.3. The van der Waals surface area contributed by atoms with Crippen molar-refractivity contribution >= 4 is 17.8 Å². The van der Waals surface area contributed by atoms with E-state index in [4.69, 9.17) is 14.6 Å². The third kappa shape index (κ3) is 7.49. The molecule has 0 unspecified atom stereocenters. The monoisotopic (exact) mass is 590 g/mol. The van der Waals surface area contributed by atoms with Crippen molar-refractivity contribution in [1.29, 1.82) is 0 Å². The van der Waals surface area contributed by atoms with Crippen molar-refractivity contribution in [3.8, 4) is 0 Å². The summed E-state index contributed by atoms with van der Waals surface area (Å²) < 4.78 is 38.3. The lowest BCUT2D eigenvalue weighted by atomic mass is 9.82. The number of amides is 1. The second-order valence-electron chi connectivity index (χ2n) is 11.5. The van der Waals surface area contributed by atoms with Crippen LogP contribution in [0.15, 0.2) is 60.7 Å². The Hall–Kier alpha value is -3.44. The van der Waals surface area contributed by atoms with Gasteiger partial charge in [0, 0.05) is 24.8 Å². The summed E-state index contributed by atoms with van der Waals surface area (Å²) in [5.74, 6) is -3.26. The Morgan fingerprint density at radius 2 is 1.38 bits per heavy atom. The van der Waals surface area contributed by atoms with Gasteiger partial charge in [0.2, 0.25) is 5.60 Å². The number of esters is 1. The van der Waals surface area contributed by atoms with E-state index in [-0.39, 0.29) is 17.9 Å². The first-order chi connectivity index (χ1) is 19.9. The van der Waals surface area contributed by atoms with Crippen LogP contribution in [0.4, 0.5) is 13.2 Å². The van der Waals surface area contributed by atoms with E-state index in [2.05, 4.69) is 5.32 Å². The molecule has 1 aliphatic carbocycles. The highest BCUT2D eigenvalue weighted by molar-refractivity contribution is 5.85. The number of benzene rings is 2. The van der Waals surface area contributed by atoms with Gasteiger partial charge in [0.15, 0.2) is 12.6 Å². The molecule has 0 aromatic heterocycles. The molecule has 2 N–H and O–H groups in total. The van der Waals surface area contributed by atoms with E-state index in [9.17, 15) is 27.9 Å². The van der Waals surface area contributed by atoms with Gasteiger partial charge in [-0.1, -0.05) is 79.9 Å². The molecule has 3 saturated heterocycles. The molecule has 11 heteroatoms. The van der Waals surface area contributed by atoms with Gasteiger partial charge in [-0.3, -0.25) is 4.79 Å². The summed E-state index contributed by atoms with van der Waals surface area (Å²) in [5.41, 5.74) is -0.890. The average molecular weight is 591 g/mol. The minimum atomic E-state index is -5.19. The highest BCUT2D eigenvalue weighted by Gasteiger charge is 2.51. The predicted octanol–water partition coefficient (Wildman–Crippen LogP) is 2.82. The minimum absolute atomic E-state index is 0.118. The fourth-order valence-corrected chi connectivity index (χ4v) is 6.39. The van der Waals surface area contributed by atoms with E-state index in [0.717, 1.165) is 38.8 Å². The fraction of sp³-hybridized carbons (Fsp3) is 0.516. The fourth-order valence-electron chi connectivity index (χ4n) is 6.39. The second-order valence-corrected chi connectivity index (χ2v) is 11.5. The van der Waals surface area contributed by atoms with Crippen LogP contribution < -0.4 is 10.4 Å². The maximum Gasteiger partial charge on any atom is 0.430 e. The van der Waals surface area contributed by atoms with Crippen LogP contribution in [0.5, 0.6) is 0 Å². The van der Waals surface area contributed by atoms with Crippen molar-refractivity contribution in [1.82, 2.24) is 5.32 Å². The Labute approximate surface area is 243 Å². The lowest BCUT2D eigenvalue weighted by Crippen LogP contribution is -2.67. The maximum absolute atomic E-state index is 13.6. The molecule has 1 saturated carbocycles. The smallest absolute Gasteiger partial charge is 0.430 e. The number of carboxylic acids is 1. The van der Waals surface area contributed by atoms with Crippen molar-refractivity contribution < 1.29 is 47.0 Å². The Bertz CT molecular complexity index is 1170. The average Bonchev–Trinajstić information content (AvgIpc) is 2.98. The normalized spacial score (nSPS) is 24.2. The molecular formula is C31H37F3N2O6. The molecule has 2 bridgehead atoms. The quantitative estimate of drug-likeness (QED) is 0.379. The summed E-state index contributed by atoms with van der Waals surface area (Å²) in [7, 11) is 0. The molecule has 3 aliphatic heterocycles. The molecule has 6 rings (SSSR count). The Morgan fingerprint density at radius 1 is 0.881 bits per heavy atom. The molecule has 0 radical (unpaired) electrons. The van der Waals surface area contributed by atoms with Crippen molar-refractivity contribution in [3.63, 3.8) is 0 Å². The van der Waals surface area contributed by atoms with Gasteiger partial charge in [-0.15, -0.1) is 0 Å². The van der Waals surface area contributed by atoms with E-state index in [1.54, 1.807) is 24.3 Å². The zero-order chi connectivity index (χ0) is 30.4. The summed E-state index contributed by atoms with van der Waals surface area (Å²) in [6.45, 7) is 2.96. The first kappa shape index (κ1) is 31.5. The van der Waals surface area contributed by atoms with Crippen LogP contribution in [0.25, 0.3) is 0 Å². The van der Waals surface area contributed by atoms with Crippen LogP contribution >= 0.6 is 0 Å². The molecule has 1 atom stereocenters. The molecule has 4 aliphatic rings. The van der Waals surface area contributed by atoms with Crippen molar-refractivity contribution in [2.75, 3.05) is 26.2 Å². The van der Waals surface area contributed by atoms with Crippen molar-refractivity contribution in [3.05, 3.63) is 71.8 Å². The molecule has 42 heavy (non-hydrogen) atoms. The largest absolute Gasteiger partial charge is 0.542 e. The van der Waals surface area contributed by atoms with Gasteiger partial charge in [-0.05, 0) is 24.0 Å². The number of carbonyl (C=O) groups excluding carboxylic acids is 3. The number of ether oxygens (including phenoxy) is 1. The molecule has 0 spiro atoms. The first-order valence-electron chi connectivity index (χ1n) is 14.4. The van der Waals surface area contributed by atoms with Crippen LogP contribution in [0.3, 0.4) is 0 Å². The number of halogens is 3. The molecule has 228 valence electrons. The number of carboxylic acid groups (broad SMARTS) is 1. The summed E-state index contributed by atoms with van der Waals surface area (Å²) in [5, 5.41) is 23.8. The lowest BCUT2D eigenvalue weighted by Gasteiger charge is -2.52. The van der Waals surface area contributed by atoms with Crippen LogP contribution in [0, 0.1) is 5.92 Å². The Morgan fingerprint density at radius 3 is 1.86 bits per heavy atom. The number of alkyl halides is 3. The highest BCUT2D eigenvalue weighted by Crippen LogP contribution is 2.38. The Kier molecular flexibility index (Phi) is 9.93. The van der Waals surface area contributed by atoms with Gasteiger partial charge in [0.25, 0.3) is 5.91 Å². The van der Waals surface area contributed by atoms with Crippen molar-refractivity contribution in [2.45, 2.75) is 68.9 Å². The summed E-state index contributed by atoms with van der Waals surface area (Å²) in [6.07, 6.45) is 2.17. The SMILES string of the molecule is O=C(C[N+]12CCC(CC1)[C@@H](OC(=O)C(O)(c1ccccc1)c1ccccc1)C2)NC1CCCCC1.O=C([O-])C(F)(F)F. The number of quaternary nitrogens is 1. The molecular weight excluding hydrogens is 553 g/mol. The third-order valence-electron chi connectivity index (χ3n) is 8.66. The highest BCUT2D eigenvalue weighted by atomic mass is 19.4. The van der Waals surface area contributed by atoms with E-state index >= 15 is 0 Å². The molecule has 3 heterocycles. The Balaban J connectivity index is 0.000000517. The van der Waals surface area contributed by atoms with Gasteiger partial charge in [0.05, 0.1) is 13.1 Å². The number of fused-ring (bicyclic) bond motifs is 3. The van der Waals surface area contributed by atoms with Crippen LogP contribution in [0.2, 0.25) is 0 Å². The molecule has 8 nitrogen and oxygen atoms in total. The van der Waals surface area contributed by atoms with Gasteiger partial charge < -0.3 is 29.5 Å². The first-order valence-corrected chi connectivity index (χ1v) is 14.4. The topological polar surface area (TPSA) is 116 Å². The third-order valence-corrected chi connectivity index (χ3v) is 8.66. The van der Waals surface area contributed by atoms with E-state index in [0.29, 0.717) is 34.7 Å². The van der Waals surface area contributed by atoms with Gasteiger partial charge in [-0.2, -0.15) is 13.2 Å². The van der Waals surface area contributed by atoms with E-state index < -0.39 is 23.7 Å². The number of aliphatic carboxylic acids is 1. The predicted molar refractivity (Wildman–Crippen MR) is 144 cm³/mol. The number of nitrogens with zero attached hydrogens (tertiary/aromatic N) is 1. The molecule has 2 aromatic carbocycles. The number of hydrogen-bond acceptors (Lipinski definition) is 6. The zero-order valence-electron chi connectivity index (χ0n) is 23.4. The zero-order valence-corrected chi connectivity index (χ0v) is 23.4. The minimum Gasteiger partial charge on any atom is -0.542 e. The van der Waals surface area contributed by atoms with Crippen LogP contribution in [-0.4, -0.2) is 71.9 Å². The molecule has 2 aromatic rings.